The number of ether oxygens (including phenoxy) is 1. The molecule has 2 saturated heterocycles. The van der Waals surface area contributed by atoms with Gasteiger partial charge in [-0.3, -0.25) is 9.59 Å². The van der Waals surface area contributed by atoms with Crippen molar-refractivity contribution in [1.82, 2.24) is 0 Å². The lowest BCUT2D eigenvalue weighted by Gasteiger charge is -2.20. The molecule has 2 amide bonds. The molecule has 2 bridgehead atoms. The van der Waals surface area contributed by atoms with Crippen molar-refractivity contribution in [3.63, 3.8) is 0 Å². The van der Waals surface area contributed by atoms with Crippen molar-refractivity contribution >= 4 is 17.5 Å². The molecule has 2 aromatic carbocycles. The van der Waals surface area contributed by atoms with Gasteiger partial charge in [-0.2, -0.15) is 0 Å². The SMILES string of the molecule is O=C1[C@@H]2[C@H](C(=O)N1c1ccccc1-c1ccccc1)[C@H]1C=C[C@H]2O1. The van der Waals surface area contributed by atoms with E-state index < -0.39 is 0 Å². The highest BCUT2D eigenvalue weighted by atomic mass is 16.5. The van der Waals surface area contributed by atoms with Crippen LogP contribution in [0.25, 0.3) is 11.1 Å². The lowest BCUT2D eigenvalue weighted by molar-refractivity contribution is -0.124. The molecule has 24 heavy (non-hydrogen) atoms. The van der Waals surface area contributed by atoms with Crippen molar-refractivity contribution < 1.29 is 14.3 Å². The van der Waals surface area contributed by atoms with Crippen molar-refractivity contribution in [3.8, 4) is 11.1 Å². The number of imide groups is 1. The minimum atomic E-state index is -0.378. The van der Waals surface area contributed by atoms with E-state index in [1.54, 1.807) is 0 Å². The molecule has 5 rings (SSSR count). The minimum absolute atomic E-state index is 0.148. The normalized spacial score (nSPS) is 30.2. The molecule has 2 aromatic rings. The van der Waals surface area contributed by atoms with E-state index in [9.17, 15) is 9.59 Å². The molecule has 4 atom stereocenters. The van der Waals surface area contributed by atoms with Gasteiger partial charge in [-0.05, 0) is 11.6 Å². The molecule has 3 heterocycles. The van der Waals surface area contributed by atoms with Gasteiger partial charge < -0.3 is 4.74 Å². The molecule has 4 heteroatoms. The van der Waals surface area contributed by atoms with Crippen LogP contribution in [-0.2, 0) is 14.3 Å². The first kappa shape index (κ1) is 13.7. The van der Waals surface area contributed by atoms with Crippen LogP contribution in [0.2, 0.25) is 0 Å². The summed E-state index contributed by atoms with van der Waals surface area (Å²) in [5, 5.41) is 0. The van der Waals surface area contributed by atoms with Gasteiger partial charge in [-0.25, -0.2) is 4.90 Å². The zero-order chi connectivity index (χ0) is 16.3. The van der Waals surface area contributed by atoms with Gasteiger partial charge in [-0.15, -0.1) is 0 Å². The maximum Gasteiger partial charge on any atom is 0.240 e. The molecule has 0 saturated carbocycles. The van der Waals surface area contributed by atoms with E-state index in [0.717, 1.165) is 11.1 Å². The Morgan fingerprint density at radius 2 is 1.33 bits per heavy atom. The summed E-state index contributed by atoms with van der Waals surface area (Å²) in [7, 11) is 0. The third-order valence-corrected chi connectivity index (χ3v) is 5.14. The average Bonchev–Trinajstić information content (AvgIpc) is 3.30. The predicted molar refractivity (Wildman–Crippen MR) is 89.2 cm³/mol. The van der Waals surface area contributed by atoms with Crippen LogP contribution < -0.4 is 4.90 Å². The molecule has 0 spiro atoms. The summed E-state index contributed by atoms with van der Waals surface area (Å²) in [4.78, 5) is 27.3. The fraction of sp³-hybridized carbons (Fsp3) is 0.200. The van der Waals surface area contributed by atoms with E-state index in [-0.39, 0.29) is 35.9 Å². The van der Waals surface area contributed by atoms with Crippen LogP contribution in [0.15, 0.2) is 66.7 Å². The standard InChI is InChI=1S/C20H15NO3/c22-19-17-15-10-11-16(24-15)18(17)20(23)21(19)14-9-5-4-8-13(14)12-6-2-1-3-7-12/h1-11,15-18H/t15-,16-,17-,18+/m1/s1. The van der Waals surface area contributed by atoms with Crippen LogP contribution in [0.1, 0.15) is 0 Å². The van der Waals surface area contributed by atoms with Gasteiger partial charge in [0.15, 0.2) is 0 Å². The Labute approximate surface area is 139 Å². The van der Waals surface area contributed by atoms with Crippen molar-refractivity contribution in [2.75, 3.05) is 4.90 Å². The van der Waals surface area contributed by atoms with Gasteiger partial charge in [0.2, 0.25) is 11.8 Å². The number of nitrogens with zero attached hydrogens (tertiary/aromatic N) is 1. The lowest BCUT2D eigenvalue weighted by atomic mass is 9.85. The predicted octanol–water partition coefficient (Wildman–Crippen LogP) is 2.80. The van der Waals surface area contributed by atoms with E-state index in [4.69, 9.17) is 4.74 Å². The maximum absolute atomic E-state index is 13.0. The quantitative estimate of drug-likeness (QED) is 0.632. The third kappa shape index (κ3) is 1.72. The highest BCUT2D eigenvalue weighted by Gasteiger charge is 2.61. The Balaban J connectivity index is 1.61. The molecule has 4 nitrogen and oxygen atoms in total. The lowest BCUT2D eigenvalue weighted by Crippen LogP contribution is -2.34. The summed E-state index contributed by atoms with van der Waals surface area (Å²) < 4.78 is 5.70. The average molecular weight is 317 g/mol. The summed E-state index contributed by atoms with van der Waals surface area (Å²) in [5.74, 6) is -1.05. The fourth-order valence-electron chi connectivity index (χ4n) is 4.07. The highest BCUT2D eigenvalue weighted by molar-refractivity contribution is 6.24. The highest BCUT2D eigenvalue weighted by Crippen LogP contribution is 2.47. The molecule has 0 radical (unpaired) electrons. The van der Waals surface area contributed by atoms with E-state index in [0.29, 0.717) is 5.69 Å². The molecule has 3 aliphatic heterocycles. The maximum atomic E-state index is 13.0. The molecule has 0 aromatic heterocycles. The Morgan fingerprint density at radius 3 is 2.00 bits per heavy atom. The van der Waals surface area contributed by atoms with Crippen molar-refractivity contribution in [1.29, 1.82) is 0 Å². The number of carbonyl (C=O) groups is 2. The number of anilines is 1. The monoisotopic (exact) mass is 317 g/mol. The van der Waals surface area contributed by atoms with Crippen LogP contribution in [-0.4, -0.2) is 24.0 Å². The Morgan fingerprint density at radius 1 is 0.750 bits per heavy atom. The van der Waals surface area contributed by atoms with Crippen LogP contribution >= 0.6 is 0 Å². The second-order valence-corrected chi connectivity index (χ2v) is 6.40. The first-order valence-electron chi connectivity index (χ1n) is 8.12. The number of para-hydroxylation sites is 1. The number of hydrogen-bond acceptors (Lipinski definition) is 3. The number of hydrogen-bond donors (Lipinski definition) is 0. The number of rotatable bonds is 2. The Bertz CT molecular complexity index is 843. The van der Waals surface area contributed by atoms with Crippen molar-refractivity contribution in [3.05, 3.63) is 66.7 Å². The molecule has 3 aliphatic rings. The van der Waals surface area contributed by atoms with Gasteiger partial charge >= 0.3 is 0 Å². The minimum Gasteiger partial charge on any atom is -0.365 e. The summed E-state index contributed by atoms with van der Waals surface area (Å²) in [5.41, 5.74) is 2.54. The summed E-state index contributed by atoms with van der Waals surface area (Å²) >= 11 is 0. The Kier molecular flexibility index (Phi) is 2.79. The number of carbonyl (C=O) groups excluding carboxylic acids is 2. The van der Waals surface area contributed by atoms with Crippen LogP contribution in [0, 0.1) is 11.8 Å². The third-order valence-electron chi connectivity index (χ3n) is 5.14. The van der Waals surface area contributed by atoms with E-state index in [1.807, 2.05) is 66.7 Å². The van der Waals surface area contributed by atoms with Gasteiger partial charge in [-0.1, -0.05) is 60.7 Å². The molecule has 0 aliphatic carbocycles. The first-order chi connectivity index (χ1) is 11.8. The smallest absolute Gasteiger partial charge is 0.240 e. The van der Waals surface area contributed by atoms with Crippen molar-refractivity contribution in [2.24, 2.45) is 11.8 Å². The zero-order valence-corrected chi connectivity index (χ0v) is 12.8. The summed E-state index contributed by atoms with van der Waals surface area (Å²) in [6, 6.07) is 17.4. The van der Waals surface area contributed by atoms with Crippen LogP contribution in [0.5, 0.6) is 0 Å². The van der Waals surface area contributed by atoms with Gasteiger partial charge in [0, 0.05) is 5.56 Å². The Hall–Kier alpha value is -2.72. The second-order valence-electron chi connectivity index (χ2n) is 6.40. The zero-order valence-electron chi connectivity index (χ0n) is 12.8. The fourth-order valence-corrected chi connectivity index (χ4v) is 4.07. The summed E-state index contributed by atoms with van der Waals surface area (Å²) in [6.45, 7) is 0. The van der Waals surface area contributed by atoms with E-state index >= 15 is 0 Å². The molecular weight excluding hydrogens is 302 g/mol. The second kappa shape index (κ2) is 4.89. The number of fused-ring (bicyclic) bond motifs is 5. The number of benzene rings is 2. The van der Waals surface area contributed by atoms with E-state index in [1.165, 1.54) is 4.90 Å². The largest absolute Gasteiger partial charge is 0.365 e. The van der Waals surface area contributed by atoms with Crippen LogP contribution in [0.4, 0.5) is 5.69 Å². The van der Waals surface area contributed by atoms with Gasteiger partial charge in [0.05, 0.1) is 29.7 Å². The number of amides is 2. The van der Waals surface area contributed by atoms with Crippen molar-refractivity contribution in [2.45, 2.75) is 12.2 Å². The van der Waals surface area contributed by atoms with E-state index in [2.05, 4.69) is 0 Å². The topological polar surface area (TPSA) is 46.6 Å². The molecular formula is C20H15NO3. The molecule has 2 fully saturated rings. The molecule has 0 N–H and O–H groups in total. The van der Waals surface area contributed by atoms with Gasteiger partial charge in [0.1, 0.15) is 0 Å². The summed E-state index contributed by atoms with van der Waals surface area (Å²) in [6.07, 6.45) is 3.29. The molecule has 118 valence electrons. The van der Waals surface area contributed by atoms with Crippen LogP contribution in [0.3, 0.4) is 0 Å². The molecule has 0 unspecified atom stereocenters. The van der Waals surface area contributed by atoms with Gasteiger partial charge in [0.25, 0.3) is 0 Å². The first-order valence-corrected chi connectivity index (χ1v) is 8.12.